The van der Waals surface area contributed by atoms with Gasteiger partial charge in [0.25, 0.3) is 0 Å². The number of anilines is 4. The van der Waals surface area contributed by atoms with E-state index in [1.807, 2.05) is 21.0 Å². The van der Waals surface area contributed by atoms with Gasteiger partial charge >= 0.3 is 0 Å². The van der Waals surface area contributed by atoms with Gasteiger partial charge in [-0.15, -0.1) is 0 Å². The summed E-state index contributed by atoms with van der Waals surface area (Å²) >= 11 is 0. The second kappa shape index (κ2) is 7.51. The predicted octanol–water partition coefficient (Wildman–Crippen LogP) is 3.98. The Bertz CT molecular complexity index is 658. The molecule has 1 aromatic carbocycles. The molecule has 2 heterocycles. The highest BCUT2D eigenvalue weighted by molar-refractivity contribution is 5.60. The molecule has 0 bridgehead atoms. The van der Waals surface area contributed by atoms with Crippen molar-refractivity contribution in [3.8, 4) is 0 Å². The normalized spacial score (nSPS) is 15.0. The fraction of sp³-hybridized carbons (Fsp3) is 0.474. The van der Waals surface area contributed by atoms with Crippen LogP contribution in [0.4, 0.5) is 23.1 Å². The van der Waals surface area contributed by atoms with Crippen LogP contribution in [0, 0.1) is 6.92 Å². The minimum atomic E-state index is 0.673. The van der Waals surface area contributed by atoms with Crippen molar-refractivity contribution in [2.24, 2.45) is 0 Å². The first kappa shape index (κ1) is 16.6. The van der Waals surface area contributed by atoms with E-state index in [0.29, 0.717) is 5.95 Å². The van der Waals surface area contributed by atoms with E-state index in [1.54, 1.807) is 0 Å². The Morgan fingerprint density at radius 2 is 1.62 bits per heavy atom. The Hall–Kier alpha value is -2.30. The molecule has 0 saturated carbocycles. The number of benzene rings is 1. The van der Waals surface area contributed by atoms with Crippen LogP contribution in [0.5, 0.6) is 0 Å². The molecule has 128 valence electrons. The molecule has 5 nitrogen and oxygen atoms in total. The van der Waals surface area contributed by atoms with E-state index < -0.39 is 0 Å². The van der Waals surface area contributed by atoms with Crippen LogP contribution in [0.25, 0.3) is 0 Å². The molecule has 3 rings (SSSR count). The van der Waals surface area contributed by atoms with Crippen molar-refractivity contribution < 1.29 is 0 Å². The topological polar surface area (TPSA) is 44.3 Å². The zero-order valence-corrected chi connectivity index (χ0v) is 14.9. The zero-order chi connectivity index (χ0) is 16.9. The van der Waals surface area contributed by atoms with Crippen molar-refractivity contribution in [1.29, 1.82) is 0 Å². The van der Waals surface area contributed by atoms with Gasteiger partial charge in [-0.3, -0.25) is 0 Å². The average molecular weight is 325 g/mol. The summed E-state index contributed by atoms with van der Waals surface area (Å²) in [5, 5.41) is 3.34. The number of nitrogens with zero attached hydrogens (tertiary/aromatic N) is 4. The predicted molar refractivity (Wildman–Crippen MR) is 102 cm³/mol. The third-order valence-electron chi connectivity index (χ3n) is 4.41. The molecule has 1 saturated heterocycles. The van der Waals surface area contributed by atoms with Crippen LogP contribution in [0.1, 0.15) is 31.4 Å². The van der Waals surface area contributed by atoms with Crippen LogP contribution in [0.3, 0.4) is 0 Å². The third-order valence-corrected chi connectivity index (χ3v) is 4.41. The molecule has 2 aromatic rings. The maximum Gasteiger partial charge on any atom is 0.229 e. The quantitative estimate of drug-likeness (QED) is 0.921. The van der Waals surface area contributed by atoms with Gasteiger partial charge in [0.1, 0.15) is 5.82 Å². The summed E-state index contributed by atoms with van der Waals surface area (Å²) in [5.74, 6) is 1.71. The van der Waals surface area contributed by atoms with Gasteiger partial charge < -0.3 is 15.1 Å². The van der Waals surface area contributed by atoms with E-state index in [9.17, 15) is 0 Å². The first-order valence-corrected chi connectivity index (χ1v) is 8.77. The van der Waals surface area contributed by atoms with Gasteiger partial charge in [-0.05, 0) is 44.0 Å². The molecule has 0 amide bonds. The minimum Gasteiger partial charge on any atom is -0.378 e. The summed E-state index contributed by atoms with van der Waals surface area (Å²) < 4.78 is 0. The van der Waals surface area contributed by atoms with Crippen LogP contribution in [-0.4, -0.2) is 37.2 Å². The molecule has 0 atom stereocenters. The van der Waals surface area contributed by atoms with Gasteiger partial charge in [-0.1, -0.05) is 12.8 Å². The highest BCUT2D eigenvalue weighted by atomic mass is 15.2. The lowest BCUT2D eigenvalue weighted by Gasteiger charge is -2.22. The van der Waals surface area contributed by atoms with E-state index in [1.165, 1.54) is 31.4 Å². The lowest BCUT2D eigenvalue weighted by atomic mass is 10.2. The van der Waals surface area contributed by atoms with Gasteiger partial charge in [0.15, 0.2) is 0 Å². The van der Waals surface area contributed by atoms with E-state index in [2.05, 4.69) is 50.4 Å². The van der Waals surface area contributed by atoms with Crippen LogP contribution < -0.4 is 15.1 Å². The van der Waals surface area contributed by atoms with Gasteiger partial charge in [0, 0.05) is 50.3 Å². The monoisotopic (exact) mass is 325 g/mol. The molecule has 0 unspecified atom stereocenters. The van der Waals surface area contributed by atoms with E-state index >= 15 is 0 Å². The first-order chi connectivity index (χ1) is 11.6. The highest BCUT2D eigenvalue weighted by Gasteiger charge is 2.13. The van der Waals surface area contributed by atoms with Crippen molar-refractivity contribution in [1.82, 2.24) is 9.97 Å². The van der Waals surface area contributed by atoms with Crippen molar-refractivity contribution in [3.63, 3.8) is 0 Å². The number of nitrogens with one attached hydrogen (secondary N) is 1. The van der Waals surface area contributed by atoms with E-state index in [0.717, 1.165) is 30.3 Å². The van der Waals surface area contributed by atoms with Crippen LogP contribution in [-0.2, 0) is 0 Å². The molecule has 0 aliphatic carbocycles. The van der Waals surface area contributed by atoms with Gasteiger partial charge in [-0.2, -0.15) is 4.98 Å². The lowest BCUT2D eigenvalue weighted by Crippen LogP contribution is -2.25. The summed E-state index contributed by atoms with van der Waals surface area (Å²) in [6.07, 6.45) is 5.14. The van der Waals surface area contributed by atoms with Crippen LogP contribution >= 0.6 is 0 Å². The summed E-state index contributed by atoms with van der Waals surface area (Å²) in [7, 11) is 4.08. The molecule has 5 heteroatoms. The fourth-order valence-electron chi connectivity index (χ4n) is 3.04. The maximum absolute atomic E-state index is 4.75. The molecule has 1 fully saturated rings. The highest BCUT2D eigenvalue weighted by Crippen LogP contribution is 2.22. The SMILES string of the molecule is Cc1cc(N2CCCCCC2)nc(Nc2ccc(N(C)C)cc2)n1. The fourth-order valence-corrected chi connectivity index (χ4v) is 3.04. The summed E-state index contributed by atoms with van der Waals surface area (Å²) in [5.41, 5.74) is 3.18. The maximum atomic E-state index is 4.75. The van der Waals surface area contributed by atoms with Crippen LogP contribution in [0.15, 0.2) is 30.3 Å². The number of hydrogen-bond acceptors (Lipinski definition) is 5. The summed E-state index contributed by atoms with van der Waals surface area (Å²) in [6.45, 7) is 4.21. The second-order valence-electron chi connectivity index (χ2n) is 6.66. The van der Waals surface area contributed by atoms with Crippen molar-refractivity contribution in [2.75, 3.05) is 42.3 Å². The summed E-state index contributed by atoms with van der Waals surface area (Å²) in [6, 6.07) is 10.4. The van der Waals surface area contributed by atoms with E-state index in [-0.39, 0.29) is 0 Å². The van der Waals surface area contributed by atoms with Gasteiger partial charge in [-0.25, -0.2) is 4.98 Å². The Kier molecular flexibility index (Phi) is 5.18. The molecule has 24 heavy (non-hydrogen) atoms. The number of rotatable bonds is 4. The largest absolute Gasteiger partial charge is 0.378 e. The molecular formula is C19H27N5. The minimum absolute atomic E-state index is 0.673. The Labute approximate surface area is 144 Å². The summed E-state index contributed by atoms with van der Waals surface area (Å²) in [4.78, 5) is 13.8. The smallest absolute Gasteiger partial charge is 0.229 e. The molecule has 1 aromatic heterocycles. The number of aryl methyl sites for hydroxylation is 1. The average Bonchev–Trinajstić information content (AvgIpc) is 2.84. The molecule has 0 radical (unpaired) electrons. The van der Waals surface area contributed by atoms with Gasteiger partial charge in [0.05, 0.1) is 0 Å². The Morgan fingerprint density at radius 3 is 2.25 bits per heavy atom. The Balaban J connectivity index is 1.77. The van der Waals surface area contributed by atoms with Crippen molar-refractivity contribution >= 4 is 23.1 Å². The molecule has 0 spiro atoms. The van der Waals surface area contributed by atoms with E-state index in [4.69, 9.17) is 4.98 Å². The second-order valence-corrected chi connectivity index (χ2v) is 6.66. The molecular weight excluding hydrogens is 298 g/mol. The standard InChI is InChI=1S/C19H27N5/c1-15-14-18(24-12-6-4-5-7-13-24)22-19(20-15)21-16-8-10-17(11-9-16)23(2)3/h8-11,14H,4-7,12-13H2,1-3H3,(H,20,21,22). The molecule has 1 N–H and O–H groups in total. The third kappa shape index (κ3) is 4.16. The Morgan fingerprint density at radius 1 is 0.958 bits per heavy atom. The van der Waals surface area contributed by atoms with Crippen molar-refractivity contribution in [2.45, 2.75) is 32.6 Å². The molecule has 1 aliphatic heterocycles. The number of aromatic nitrogens is 2. The zero-order valence-electron chi connectivity index (χ0n) is 14.9. The van der Waals surface area contributed by atoms with Gasteiger partial charge in [0.2, 0.25) is 5.95 Å². The lowest BCUT2D eigenvalue weighted by molar-refractivity contribution is 0.726. The molecule has 1 aliphatic rings. The number of hydrogen-bond donors (Lipinski definition) is 1. The van der Waals surface area contributed by atoms with Crippen molar-refractivity contribution in [3.05, 3.63) is 36.0 Å². The van der Waals surface area contributed by atoms with Crippen LogP contribution in [0.2, 0.25) is 0 Å². The first-order valence-electron chi connectivity index (χ1n) is 8.77.